The van der Waals surface area contributed by atoms with Crippen LogP contribution in [0.3, 0.4) is 0 Å². The van der Waals surface area contributed by atoms with Gasteiger partial charge in [-0.2, -0.15) is 9.97 Å². The van der Waals surface area contributed by atoms with Gasteiger partial charge in [0.25, 0.3) is 0 Å². The minimum Gasteiger partial charge on any atom is -0.508 e. The first-order valence-electron chi connectivity index (χ1n) is 17.0. The number of nitrogens with zero attached hydrogens (tertiary/aromatic N) is 5. The maximum absolute atomic E-state index is 16.9. The van der Waals surface area contributed by atoms with Gasteiger partial charge in [0.05, 0.1) is 10.9 Å². The molecule has 0 radical (unpaired) electrons. The first-order valence-corrected chi connectivity index (χ1v) is 17.0. The summed E-state index contributed by atoms with van der Waals surface area (Å²) in [5.74, 6) is 0.686. The number of aromatic nitrogens is 3. The predicted octanol–water partition coefficient (Wildman–Crippen LogP) is 5.93. The summed E-state index contributed by atoms with van der Waals surface area (Å²) in [6.45, 7) is 4.32. The third-order valence-corrected chi connectivity index (χ3v) is 11.6. The smallest absolute Gasteiger partial charge is 0.319 e. The van der Waals surface area contributed by atoms with E-state index >= 15 is 4.39 Å². The highest BCUT2D eigenvalue weighted by Gasteiger charge is 2.58. The molecule has 10 heteroatoms. The SMILES string of the molecule is CCc1cccc2cc(O)cc(-c3ncc4c(N5CC6CCC(C5)N6)nc(OC[C@@]56C[C@H](F)CN5[C@@H]5CCC[C@@H]5C6)nc4c3F)c12. The number of hydrogen-bond acceptors (Lipinski definition) is 8. The normalized spacial score (nSPS) is 30.4. The van der Waals surface area contributed by atoms with Crippen LogP contribution >= 0.6 is 0 Å². The second-order valence-electron chi connectivity index (χ2n) is 14.3. The number of aryl methyl sites for hydroxylation is 1. The van der Waals surface area contributed by atoms with E-state index < -0.39 is 12.0 Å². The van der Waals surface area contributed by atoms with Gasteiger partial charge >= 0.3 is 6.01 Å². The maximum Gasteiger partial charge on any atom is 0.319 e. The third kappa shape index (κ3) is 4.47. The van der Waals surface area contributed by atoms with Crippen molar-refractivity contribution >= 4 is 27.5 Å². The Kier molecular flexibility index (Phi) is 6.65. The van der Waals surface area contributed by atoms with E-state index in [0.29, 0.717) is 53.8 Å². The second kappa shape index (κ2) is 10.7. The van der Waals surface area contributed by atoms with E-state index in [1.54, 1.807) is 18.3 Å². The fraction of sp³-hybridized carbons (Fsp3) is 0.528. The average molecular weight is 627 g/mol. The highest BCUT2D eigenvalue weighted by molar-refractivity contribution is 6.01. The molecule has 1 aliphatic carbocycles. The number of anilines is 1. The van der Waals surface area contributed by atoms with Crippen molar-refractivity contribution in [3.8, 4) is 23.0 Å². The Labute approximate surface area is 267 Å². The molecule has 2 N–H and O–H groups in total. The Morgan fingerprint density at radius 3 is 2.74 bits per heavy atom. The molecule has 4 saturated heterocycles. The number of benzene rings is 2. The molecule has 0 amide bonds. The van der Waals surface area contributed by atoms with Gasteiger partial charge in [0.2, 0.25) is 0 Å². The Hall–Kier alpha value is -3.63. The molecule has 2 unspecified atom stereocenters. The van der Waals surface area contributed by atoms with Crippen molar-refractivity contribution in [1.29, 1.82) is 0 Å². The molecule has 8 nitrogen and oxygen atoms in total. The van der Waals surface area contributed by atoms with Crippen LogP contribution < -0.4 is 15.0 Å². The zero-order valence-electron chi connectivity index (χ0n) is 26.2. The lowest BCUT2D eigenvalue weighted by Crippen LogP contribution is -2.51. The van der Waals surface area contributed by atoms with Crippen molar-refractivity contribution in [2.24, 2.45) is 5.92 Å². The Morgan fingerprint density at radius 1 is 1.07 bits per heavy atom. The Bertz CT molecular complexity index is 1840. The summed E-state index contributed by atoms with van der Waals surface area (Å²) >= 11 is 0. The van der Waals surface area contributed by atoms with E-state index in [0.717, 1.165) is 61.5 Å². The van der Waals surface area contributed by atoms with Crippen molar-refractivity contribution < 1.29 is 18.6 Å². The largest absolute Gasteiger partial charge is 0.508 e. The quantitative estimate of drug-likeness (QED) is 0.273. The summed E-state index contributed by atoms with van der Waals surface area (Å²) in [6.07, 6.45) is 8.63. The molecule has 2 aromatic heterocycles. The standard InChI is InChI=1S/C36H40F2N6O2/c1-2-20-5-3-6-21-11-26(45)12-27(30(20)21)32-31(38)33-28(15-39-32)34(43-17-24-9-10-25(18-43)40-24)42-35(41-33)46-19-36-13-22-7-4-8-29(22)44(36)16-23(37)14-36/h3,5-6,11-12,15,22-25,29,40,45H,2,4,7-10,13-14,16-19H2,1H3/t22-,23+,24?,25?,29-,36-/m1/s1. The number of piperazine rings is 1. The molecule has 240 valence electrons. The topological polar surface area (TPSA) is 86.6 Å². The summed E-state index contributed by atoms with van der Waals surface area (Å²) in [5.41, 5.74) is 1.48. The summed E-state index contributed by atoms with van der Waals surface area (Å²) in [7, 11) is 0. The van der Waals surface area contributed by atoms with Crippen LogP contribution in [0.15, 0.2) is 36.5 Å². The molecule has 9 rings (SSSR count). The number of phenolic OH excluding ortho intramolecular Hbond substituents is 1. The van der Waals surface area contributed by atoms with E-state index in [2.05, 4.69) is 27.0 Å². The number of fused-ring (bicyclic) bond motifs is 7. The van der Waals surface area contributed by atoms with Crippen LogP contribution in [0.5, 0.6) is 11.8 Å². The number of alkyl halides is 1. The number of halogens is 2. The molecular weight excluding hydrogens is 586 g/mol. The molecule has 4 aromatic rings. The number of rotatable bonds is 6. The van der Waals surface area contributed by atoms with Crippen LogP contribution in [-0.4, -0.2) is 81.0 Å². The lowest BCUT2D eigenvalue weighted by atomic mass is 9.89. The molecule has 5 aliphatic rings. The van der Waals surface area contributed by atoms with E-state index in [1.165, 1.54) is 12.8 Å². The minimum absolute atomic E-state index is 0.0496. The van der Waals surface area contributed by atoms with Crippen LogP contribution in [0.4, 0.5) is 14.6 Å². The lowest BCUT2D eigenvalue weighted by Gasteiger charge is -2.35. The summed E-state index contributed by atoms with van der Waals surface area (Å²) in [5, 5.41) is 16.5. The van der Waals surface area contributed by atoms with Crippen molar-refractivity contribution in [2.75, 3.05) is 31.1 Å². The Balaban J connectivity index is 1.16. The fourth-order valence-electron chi connectivity index (χ4n) is 9.70. The number of aromatic hydroxyl groups is 1. The highest BCUT2D eigenvalue weighted by atomic mass is 19.1. The second-order valence-corrected chi connectivity index (χ2v) is 14.3. The van der Waals surface area contributed by atoms with E-state index in [-0.39, 0.29) is 35.1 Å². The molecule has 46 heavy (non-hydrogen) atoms. The molecule has 2 bridgehead atoms. The van der Waals surface area contributed by atoms with Crippen LogP contribution in [-0.2, 0) is 6.42 Å². The van der Waals surface area contributed by atoms with Crippen molar-refractivity contribution in [1.82, 2.24) is 25.2 Å². The van der Waals surface area contributed by atoms with Gasteiger partial charge in [0.15, 0.2) is 5.82 Å². The van der Waals surface area contributed by atoms with Gasteiger partial charge in [-0.3, -0.25) is 9.88 Å². The molecule has 0 spiro atoms. The van der Waals surface area contributed by atoms with Crippen molar-refractivity contribution in [2.45, 2.75) is 88.1 Å². The number of phenols is 1. The molecular formula is C36H40F2N6O2. The van der Waals surface area contributed by atoms with E-state index in [1.807, 2.05) is 18.2 Å². The number of hydrogen-bond donors (Lipinski definition) is 2. The number of pyridine rings is 1. The van der Waals surface area contributed by atoms with E-state index in [9.17, 15) is 9.50 Å². The zero-order valence-corrected chi connectivity index (χ0v) is 26.2. The summed E-state index contributed by atoms with van der Waals surface area (Å²) in [4.78, 5) is 18.9. The first kappa shape index (κ1) is 28.6. The Morgan fingerprint density at radius 2 is 1.91 bits per heavy atom. The van der Waals surface area contributed by atoms with Gasteiger partial charge in [-0.1, -0.05) is 31.5 Å². The third-order valence-electron chi connectivity index (χ3n) is 11.6. The molecule has 4 aliphatic heterocycles. The lowest BCUT2D eigenvalue weighted by molar-refractivity contribution is 0.0832. The number of nitrogens with one attached hydrogen (secondary N) is 1. The van der Waals surface area contributed by atoms with Gasteiger partial charge in [-0.05, 0) is 72.9 Å². The fourth-order valence-corrected chi connectivity index (χ4v) is 9.70. The maximum atomic E-state index is 16.9. The monoisotopic (exact) mass is 626 g/mol. The predicted molar refractivity (Wildman–Crippen MR) is 174 cm³/mol. The molecule has 6 heterocycles. The zero-order chi connectivity index (χ0) is 31.2. The van der Waals surface area contributed by atoms with Gasteiger partial charge < -0.3 is 20.1 Å². The molecule has 5 fully saturated rings. The van der Waals surface area contributed by atoms with Crippen LogP contribution in [0.25, 0.3) is 32.9 Å². The van der Waals surface area contributed by atoms with Crippen LogP contribution in [0.1, 0.15) is 57.4 Å². The van der Waals surface area contributed by atoms with Crippen LogP contribution in [0, 0.1) is 11.7 Å². The van der Waals surface area contributed by atoms with Crippen molar-refractivity contribution in [3.63, 3.8) is 0 Å². The van der Waals surface area contributed by atoms with Gasteiger partial charge in [0, 0.05) is 55.9 Å². The molecule has 6 atom stereocenters. The number of ether oxygens (including phenoxy) is 1. The average Bonchev–Trinajstić information content (AvgIpc) is 3.79. The highest BCUT2D eigenvalue weighted by Crippen LogP contribution is 2.52. The van der Waals surface area contributed by atoms with Gasteiger partial charge in [-0.25, -0.2) is 8.78 Å². The minimum atomic E-state index is -0.870. The first-order chi connectivity index (χ1) is 22.4. The van der Waals surface area contributed by atoms with Gasteiger partial charge in [-0.15, -0.1) is 0 Å². The summed E-state index contributed by atoms with van der Waals surface area (Å²) < 4.78 is 38.3. The van der Waals surface area contributed by atoms with Gasteiger partial charge in [0.1, 0.15) is 35.6 Å². The molecule has 2 aromatic carbocycles. The van der Waals surface area contributed by atoms with Crippen LogP contribution in [0.2, 0.25) is 0 Å². The summed E-state index contributed by atoms with van der Waals surface area (Å²) in [6, 6.07) is 10.4. The van der Waals surface area contributed by atoms with Crippen molar-refractivity contribution in [3.05, 3.63) is 47.9 Å². The van der Waals surface area contributed by atoms with E-state index in [4.69, 9.17) is 14.7 Å². The molecule has 1 saturated carbocycles.